The lowest BCUT2D eigenvalue weighted by Crippen LogP contribution is -2.57. The standard InChI is InChI=1S/C17H25BrN6S/c1-23-16-13(14(18)22-23)15(20-12-21-16)19-11-17(5-3-2-4-6-17)24-7-9-25-10-8-24/h12H,2-11H2,1H3,(H,19,20,21). The number of nitrogens with zero attached hydrogens (tertiary/aromatic N) is 5. The van der Waals surface area contributed by atoms with Crippen LogP contribution in [0.15, 0.2) is 10.9 Å². The van der Waals surface area contributed by atoms with E-state index < -0.39 is 0 Å². The maximum Gasteiger partial charge on any atom is 0.164 e. The number of aryl methyl sites for hydroxylation is 1. The van der Waals surface area contributed by atoms with Gasteiger partial charge in [0.15, 0.2) is 5.65 Å². The van der Waals surface area contributed by atoms with E-state index >= 15 is 0 Å². The highest BCUT2D eigenvalue weighted by Gasteiger charge is 2.38. The number of anilines is 1. The molecule has 0 unspecified atom stereocenters. The van der Waals surface area contributed by atoms with Crippen LogP contribution in [0.5, 0.6) is 0 Å². The van der Waals surface area contributed by atoms with Crippen molar-refractivity contribution in [1.82, 2.24) is 24.6 Å². The zero-order chi connectivity index (χ0) is 17.3. The summed E-state index contributed by atoms with van der Waals surface area (Å²) in [6.45, 7) is 3.37. The summed E-state index contributed by atoms with van der Waals surface area (Å²) in [7, 11) is 1.91. The van der Waals surface area contributed by atoms with E-state index in [0.717, 1.165) is 28.0 Å². The van der Waals surface area contributed by atoms with Gasteiger partial charge in [-0.05, 0) is 28.8 Å². The van der Waals surface area contributed by atoms with Gasteiger partial charge in [-0.1, -0.05) is 19.3 Å². The van der Waals surface area contributed by atoms with Gasteiger partial charge in [0.1, 0.15) is 16.7 Å². The van der Waals surface area contributed by atoms with Crippen molar-refractivity contribution in [2.75, 3.05) is 36.5 Å². The van der Waals surface area contributed by atoms with Gasteiger partial charge in [-0.2, -0.15) is 16.9 Å². The third-order valence-electron chi connectivity index (χ3n) is 5.63. The molecule has 2 aromatic rings. The Morgan fingerprint density at radius 2 is 1.96 bits per heavy atom. The first-order valence-electron chi connectivity index (χ1n) is 9.09. The first-order chi connectivity index (χ1) is 12.2. The lowest BCUT2D eigenvalue weighted by molar-refractivity contribution is 0.0706. The molecule has 1 saturated heterocycles. The third kappa shape index (κ3) is 3.40. The van der Waals surface area contributed by atoms with Crippen LogP contribution in [0, 0.1) is 0 Å². The van der Waals surface area contributed by atoms with Crippen LogP contribution < -0.4 is 5.32 Å². The molecule has 2 fully saturated rings. The highest BCUT2D eigenvalue weighted by atomic mass is 79.9. The SMILES string of the molecule is Cn1nc(Br)c2c(NCC3(N4CCSCC4)CCCCC3)ncnc21. The van der Waals surface area contributed by atoms with E-state index in [4.69, 9.17) is 0 Å². The van der Waals surface area contributed by atoms with Crippen molar-refractivity contribution in [3.05, 3.63) is 10.9 Å². The molecule has 0 aromatic carbocycles. The first-order valence-corrected chi connectivity index (χ1v) is 11.0. The summed E-state index contributed by atoms with van der Waals surface area (Å²) in [6.07, 6.45) is 8.24. The van der Waals surface area contributed by atoms with Gasteiger partial charge in [0.05, 0.1) is 5.39 Å². The van der Waals surface area contributed by atoms with Crippen LogP contribution in [0.4, 0.5) is 5.82 Å². The zero-order valence-electron chi connectivity index (χ0n) is 14.7. The minimum absolute atomic E-state index is 0.269. The van der Waals surface area contributed by atoms with E-state index in [2.05, 4.69) is 53.0 Å². The summed E-state index contributed by atoms with van der Waals surface area (Å²) >= 11 is 5.64. The molecule has 0 spiro atoms. The summed E-state index contributed by atoms with van der Waals surface area (Å²) in [5.74, 6) is 3.41. The number of fused-ring (bicyclic) bond motifs is 1. The van der Waals surface area contributed by atoms with Crippen molar-refractivity contribution < 1.29 is 0 Å². The van der Waals surface area contributed by atoms with Gasteiger partial charge in [0.25, 0.3) is 0 Å². The zero-order valence-corrected chi connectivity index (χ0v) is 17.1. The molecule has 2 aromatic heterocycles. The molecule has 0 amide bonds. The molecule has 25 heavy (non-hydrogen) atoms. The second-order valence-electron chi connectivity index (χ2n) is 7.07. The molecule has 1 N–H and O–H groups in total. The monoisotopic (exact) mass is 424 g/mol. The van der Waals surface area contributed by atoms with E-state index in [1.54, 1.807) is 11.0 Å². The molecule has 8 heteroatoms. The predicted octanol–water partition coefficient (Wildman–Crippen LogP) is 3.29. The number of nitrogens with one attached hydrogen (secondary N) is 1. The third-order valence-corrected chi connectivity index (χ3v) is 7.13. The molecule has 0 atom stereocenters. The van der Waals surface area contributed by atoms with Crippen molar-refractivity contribution in [3.8, 4) is 0 Å². The largest absolute Gasteiger partial charge is 0.367 e. The van der Waals surface area contributed by atoms with Crippen molar-refractivity contribution >= 4 is 44.5 Å². The molecule has 1 saturated carbocycles. The smallest absolute Gasteiger partial charge is 0.164 e. The Bertz CT molecular complexity index is 736. The van der Waals surface area contributed by atoms with Crippen molar-refractivity contribution in [2.24, 2.45) is 7.05 Å². The number of hydrogen-bond acceptors (Lipinski definition) is 6. The van der Waals surface area contributed by atoms with E-state index in [1.807, 2.05) is 7.05 Å². The topological polar surface area (TPSA) is 58.9 Å². The molecule has 1 aliphatic carbocycles. The highest BCUT2D eigenvalue weighted by molar-refractivity contribution is 9.10. The molecular formula is C17H25BrN6S. The summed E-state index contributed by atoms with van der Waals surface area (Å²) in [6, 6.07) is 0. The predicted molar refractivity (Wildman–Crippen MR) is 107 cm³/mol. The fourth-order valence-electron chi connectivity index (χ4n) is 4.28. The van der Waals surface area contributed by atoms with Gasteiger partial charge >= 0.3 is 0 Å². The van der Waals surface area contributed by atoms with Gasteiger partial charge in [-0.15, -0.1) is 0 Å². The lowest BCUT2D eigenvalue weighted by atomic mass is 9.80. The molecule has 4 rings (SSSR count). The van der Waals surface area contributed by atoms with Crippen LogP contribution in [0.25, 0.3) is 11.0 Å². The Morgan fingerprint density at radius 1 is 1.20 bits per heavy atom. The van der Waals surface area contributed by atoms with Crippen LogP contribution in [-0.2, 0) is 7.05 Å². The average Bonchev–Trinajstić information content (AvgIpc) is 2.96. The number of thioether (sulfide) groups is 1. The maximum atomic E-state index is 4.51. The van der Waals surface area contributed by atoms with Crippen LogP contribution in [0.1, 0.15) is 32.1 Å². The lowest BCUT2D eigenvalue weighted by Gasteiger charge is -2.48. The first kappa shape index (κ1) is 17.5. The average molecular weight is 425 g/mol. The fraction of sp³-hybridized carbons (Fsp3) is 0.706. The Balaban J connectivity index is 1.59. The molecule has 3 heterocycles. The van der Waals surface area contributed by atoms with Gasteiger partial charge < -0.3 is 5.32 Å². The normalized spacial score (nSPS) is 21.5. The van der Waals surface area contributed by atoms with Crippen molar-refractivity contribution in [3.63, 3.8) is 0 Å². The van der Waals surface area contributed by atoms with Gasteiger partial charge in [0, 0.05) is 43.7 Å². The number of rotatable bonds is 4. The summed E-state index contributed by atoms with van der Waals surface area (Å²) < 4.78 is 2.60. The van der Waals surface area contributed by atoms with Crippen LogP contribution >= 0.6 is 27.7 Å². The van der Waals surface area contributed by atoms with E-state index in [1.165, 1.54) is 56.7 Å². The summed E-state index contributed by atoms with van der Waals surface area (Å²) in [5.41, 5.74) is 1.13. The Hall–Kier alpha value is -0.860. The molecule has 6 nitrogen and oxygen atoms in total. The minimum atomic E-state index is 0.269. The number of hydrogen-bond donors (Lipinski definition) is 1. The molecule has 0 bridgehead atoms. The van der Waals surface area contributed by atoms with Crippen molar-refractivity contribution in [2.45, 2.75) is 37.6 Å². The maximum absolute atomic E-state index is 4.51. The Morgan fingerprint density at radius 3 is 2.72 bits per heavy atom. The van der Waals surface area contributed by atoms with Gasteiger partial charge in [0.2, 0.25) is 0 Å². The molecule has 2 aliphatic rings. The van der Waals surface area contributed by atoms with Gasteiger partial charge in [-0.3, -0.25) is 4.90 Å². The summed E-state index contributed by atoms with van der Waals surface area (Å²) in [4.78, 5) is 11.6. The molecule has 136 valence electrons. The highest BCUT2D eigenvalue weighted by Crippen LogP contribution is 2.36. The number of halogens is 1. The Kier molecular flexibility index (Phi) is 5.20. The number of aromatic nitrogens is 4. The summed E-state index contributed by atoms with van der Waals surface area (Å²) in [5, 5.41) is 9.07. The Labute approximate surface area is 161 Å². The van der Waals surface area contributed by atoms with E-state index in [-0.39, 0.29) is 5.54 Å². The van der Waals surface area contributed by atoms with Crippen LogP contribution in [0.2, 0.25) is 0 Å². The minimum Gasteiger partial charge on any atom is -0.367 e. The second kappa shape index (κ2) is 7.40. The van der Waals surface area contributed by atoms with Gasteiger partial charge in [-0.25, -0.2) is 14.6 Å². The second-order valence-corrected chi connectivity index (χ2v) is 9.05. The van der Waals surface area contributed by atoms with Crippen LogP contribution in [-0.4, -0.2) is 61.3 Å². The molecule has 0 radical (unpaired) electrons. The van der Waals surface area contributed by atoms with Crippen molar-refractivity contribution in [1.29, 1.82) is 0 Å². The molecular weight excluding hydrogens is 400 g/mol. The fourth-order valence-corrected chi connectivity index (χ4v) is 5.78. The quantitative estimate of drug-likeness (QED) is 0.812. The van der Waals surface area contributed by atoms with Crippen LogP contribution in [0.3, 0.4) is 0 Å². The van der Waals surface area contributed by atoms with E-state index in [0.29, 0.717) is 0 Å². The molecule has 1 aliphatic heterocycles. The van der Waals surface area contributed by atoms with E-state index in [9.17, 15) is 0 Å².